The van der Waals surface area contributed by atoms with Gasteiger partial charge in [0.1, 0.15) is 23.0 Å². The zero-order valence-electron chi connectivity index (χ0n) is 22.5. The minimum Gasteiger partial charge on any atom is -0.507 e. The van der Waals surface area contributed by atoms with Gasteiger partial charge in [-0.05, 0) is 73.5 Å². The molecule has 3 aromatic carbocycles. The number of thiazole rings is 1. The molecule has 0 radical (unpaired) electrons. The lowest BCUT2D eigenvalue weighted by Crippen LogP contribution is -2.29. The number of methoxy groups -OCH3 is 1. The predicted octanol–water partition coefficient (Wildman–Crippen LogP) is 6.51. The molecule has 1 saturated heterocycles. The summed E-state index contributed by atoms with van der Waals surface area (Å²) in [5.41, 5.74) is 1.71. The van der Waals surface area contributed by atoms with E-state index < -0.39 is 17.7 Å². The average Bonchev–Trinajstić information content (AvgIpc) is 3.51. The first-order valence-electron chi connectivity index (χ1n) is 13.2. The average molecular weight is 559 g/mol. The van der Waals surface area contributed by atoms with E-state index in [0.717, 1.165) is 17.5 Å². The number of aliphatic hydroxyl groups excluding tert-OH is 1. The molecule has 206 valence electrons. The van der Waals surface area contributed by atoms with E-state index in [1.165, 1.54) is 16.2 Å². The summed E-state index contributed by atoms with van der Waals surface area (Å²) in [5.74, 6) is 0.186. The SMILES string of the molecule is CCCCOc1ccc(C2/C(=C(\O)c3ccc(OCC)cc3)C(=O)C(=O)N2c2nc3ccc(OC)cc3s2)cc1. The Morgan fingerprint density at radius 3 is 2.30 bits per heavy atom. The van der Waals surface area contributed by atoms with E-state index in [1.54, 1.807) is 37.4 Å². The van der Waals surface area contributed by atoms with Gasteiger partial charge in [-0.3, -0.25) is 14.5 Å². The van der Waals surface area contributed by atoms with Crippen molar-refractivity contribution in [2.75, 3.05) is 25.2 Å². The first-order chi connectivity index (χ1) is 19.4. The number of ether oxygens (including phenoxy) is 3. The Morgan fingerprint density at radius 2 is 1.62 bits per heavy atom. The monoisotopic (exact) mass is 558 g/mol. The number of fused-ring (bicyclic) bond motifs is 1. The summed E-state index contributed by atoms with van der Waals surface area (Å²) in [5, 5.41) is 11.8. The van der Waals surface area contributed by atoms with Gasteiger partial charge in [0.2, 0.25) is 0 Å². The fourth-order valence-electron chi connectivity index (χ4n) is 4.58. The van der Waals surface area contributed by atoms with Gasteiger partial charge in [-0.25, -0.2) is 4.98 Å². The van der Waals surface area contributed by atoms with Crippen molar-refractivity contribution in [3.8, 4) is 17.2 Å². The van der Waals surface area contributed by atoms with Crippen LogP contribution in [-0.2, 0) is 9.59 Å². The van der Waals surface area contributed by atoms with Crippen molar-refractivity contribution in [3.63, 3.8) is 0 Å². The van der Waals surface area contributed by atoms with Crippen LogP contribution in [-0.4, -0.2) is 42.1 Å². The summed E-state index contributed by atoms with van der Waals surface area (Å²) in [6.07, 6.45) is 1.96. The molecule has 1 amide bonds. The van der Waals surface area contributed by atoms with Crippen LogP contribution in [0.1, 0.15) is 43.9 Å². The molecule has 8 nitrogen and oxygen atoms in total. The van der Waals surface area contributed by atoms with E-state index >= 15 is 0 Å². The molecule has 9 heteroatoms. The van der Waals surface area contributed by atoms with Crippen LogP contribution in [0.5, 0.6) is 17.2 Å². The van der Waals surface area contributed by atoms with Gasteiger partial charge in [-0.1, -0.05) is 36.8 Å². The van der Waals surface area contributed by atoms with Crippen molar-refractivity contribution in [2.45, 2.75) is 32.7 Å². The van der Waals surface area contributed by atoms with Crippen LogP contribution in [0.25, 0.3) is 16.0 Å². The second-order valence-corrected chi connectivity index (χ2v) is 10.2. The van der Waals surface area contributed by atoms with Crippen LogP contribution in [0, 0.1) is 0 Å². The Hall–Kier alpha value is -4.37. The Kier molecular flexibility index (Phi) is 8.02. The molecule has 4 aromatic rings. The number of nitrogens with zero attached hydrogens (tertiary/aromatic N) is 2. The van der Waals surface area contributed by atoms with Crippen molar-refractivity contribution in [3.05, 3.63) is 83.4 Å². The maximum atomic E-state index is 13.5. The second-order valence-electron chi connectivity index (χ2n) is 9.23. The molecule has 0 bridgehead atoms. The highest BCUT2D eigenvalue weighted by Gasteiger charge is 2.48. The van der Waals surface area contributed by atoms with Crippen LogP contribution >= 0.6 is 11.3 Å². The van der Waals surface area contributed by atoms with Crippen molar-refractivity contribution in [1.82, 2.24) is 4.98 Å². The standard InChI is InChI=1S/C31H30N2O6S/c1-4-6-17-39-22-11-7-19(8-12-22)27-26(28(34)20-9-13-21(14-10-20)38-5-2)29(35)30(36)33(27)31-32-24-16-15-23(37-3)18-25(24)40-31/h7-16,18,27,34H,4-6,17H2,1-3H3/b28-26+. The molecule has 2 heterocycles. The van der Waals surface area contributed by atoms with Gasteiger partial charge < -0.3 is 19.3 Å². The van der Waals surface area contributed by atoms with Crippen molar-refractivity contribution in [2.24, 2.45) is 0 Å². The summed E-state index contributed by atoms with van der Waals surface area (Å²) < 4.78 is 17.5. The number of hydrogen-bond donors (Lipinski definition) is 1. The lowest BCUT2D eigenvalue weighted by Gasteiger charge is -2.23. The lowest BCUT2D eigenvalue weighted by atomic mass is 9.95. The number of anilines is 1. The van der Waals surface area contributed by atoms with Crippen molar-refractivity contribution >= 4 is 44.1 Å². The normalized spacial score (nSPS) is 16.5. The lowest BCUT2D eigenvalue weighted by molar-refractivity contribution is -0.132. The van der Waals surface area contributed by atoms with Gasteiger partial charge in [0.25, 0.3) is 5.78 Å². The summed E-state index contributed by atoms with van der Waals surface area (Å²) in [6.45, 7) is 5.08. The van der Waals surface area contributed by atoms with E-state index in [4.69, 9.17) is 14.2 Å². The van der Waals surface area contributed by atoms with E-state index in [9.17, 15) is 14.7 Å². The van der Waals surface area contributed by atoms with Crippen LogP contribution in [0.2, 0.25) is 0 Å². The summed E-state index contributed by atoms with van der Waals surface area (Å²) in [7, 11) is 1.58. The third-order valence-corrected chi connectivity index (χ3v) is 7.65. The Bertz CT molecular complexity index is 1560. The van der Waals surface area contributed by atoms with Crippen molar-refractivity contribution < 1.29 is 28.9 Å². The molecule has 0 saturated carbocycles. The Labute approximate surface area is 236 Å². The summed E-state index contributed by atoms with van der Waals surface area (Å²) in [6, 6.07) is 18.6. The predicted molar refractivity (Wildman–Crippen MR) is 155 cm³/mol. The van der Waals surface area contributed by atoms with Crippen molar-refractivity contribution in [1.29, 1.82) is 0 Å². The largest absolute Gasteiger partial charge is 0.507 e. The molecular formula is C31H30N2O6S. The number of carbonyl (C=O) groups excluding carboxylic acids is 2. The molecule has 5 rings (SSSR count). The number of benzene rings is 3. The number of amides is 1. The highest BCUT2D eigenvalue weighted by atomic mass is 32.1. The summed E-state index contributed by atoms with van der Waals surface area (Å²) in [4.78, 5) is 33.1. The molecular weight excluding hydrogens is 528 g/mol. The van der Waals surface area contributed by atoms with E-state index in [1.807, 2.05) is 43.3 Å². The maximum Gasteiger partial charge on any atom is 0.301 e. The van der Waals surface area contributed by atoms with Gasteiger partial charge >= 0.3 is 5.91 Å². The molecule has 0 aliphatic carbocycles. The van der Waals surface area contributed by atoms with Gasteiger partial charge in [0.05, 0.1) is 42.2 Å². The van der Waals surface area contributed by atoms with Crippen LogP contribution in [0.4, 0.5) is 5.13 Å². The molecule has 40 heavy (non-hydrogen) atoms. The Balaban J connectivity index is 1.61. The molecule has 1 fully saturated rings. The fraction of sp³-hybridized carbons (Fsp3) is 0.258. The first kappa shape index (κ1) is 27.2. The molecule has 0 spiro atoms. The first-order valence-corrected chi connectivity index (χ1v) is 14.0. The second kappa shape index (κ2) is 11.8. The third kappa shape index (κ3) is 5.24. The highest BCUT2D eigenvalue weighted by molar-refractivity contribution is 7.22. The molecule has 1 unspecified atom stereocenters. The quantitative estimate of drug-likeness (QED) is 0.103. The Morgan fingerprint density at radius 1 is 0.950 bits per heavy atom. The van der Waals surface area contributed by atoms with Crippen LogP contribution in [0.15, 0.2) is 72.3 Å². The molecule has 1 aromatic heterocycles. The van der Waals surface area contributed by atoms with E-state index in [0.29, 0.717) is 52.2 Å². The molecule has 1 aliphatic rings. The number of carbonyl (C=O) groups is 2. The zero-order valence-corrected chi connectivity index (χ0v) is 23.4. The number of rotatable bonds is 10. The summed E-state index contributed by atoms with van der Waals surface area (Å²) >= 11 is 1.28. The minimum atomic E-state index is -0.890. The number of aliphatic hydroxyl groups is 1. The molecule has 1 N–H and O–H groups in total. The number of unbranched alkanes of at least 4 members (excludes halogenated alkanes) is 1. The number of ketones is 1. The molecule has 1 atom stereocenters. The third-order valence-electron chi connectivity index (χ3n) is 6.64. The van der Waals surface area contributed by atoms with Crippen LogP contribution < -0.4 is 19.1 Å². The topological polar surface area (TPSA) is 98.2 Å². The zero-order chi connectivity index (χ0) is 28.2. The van der Waals surface area contributed by atoms with E-state index in [2.05, 4.69) is 11.9 Å². The van der Waals surface area contributed by atoms with Gasteiger partial charge in [-0.15, -0.1) is 0 Å². The minimum absolute atomic E-state index is 0.00866. The molecule has 1 aliphatic heterocycles. The van der Waals surface area contributed by atoms with Gasteiger partial charge in [0.15, 0.2) is 5.13 Å². The fourth-order valence-corrected chi connectivity index (χ4v) is 5.60. The number of hydrogen-bond acceptors (Lipinski definition) is 8. The van der Waals surface area contributed by atoms with Gasteiger partial charge in [0, 0.05) is 5.56 Å². The van der Waals surface area contributed by atoms with Gasteiger partial charge in [-0.2, -0.15) is 0 Å². The maximum absolute atomic E-state index is 13.5. The van der Waals surface area contributed by atoms with E-state index in [-0.39, 0.29) is 11.3 Å². The van der Waals surface area contributed by atoms with Crippen LogP contribution in [0.3, 0.4) is 0 Å². The highest BCUT2D eigenvalue weighted by Crippen LogP contribution is 2.45. The smallest absolute Gasteiger partial charge is 0.301 e. The number of Topliss-reactive ketones (excluding diaryl/α,β-unsaturated/α-hetero) is 1. The number of aromatic nitrogens is 1.